The van der Waals surface area contributed by atoms with Crippen LogP contribution in [-0.4, -0.2) is 60.3 Å². The Balaban J connectivity index is 1.88. The maximum atomic E-state index is 13.4. The molecule has 0 spiro atoms. The lowest BCUT2D eigenvalue weighted by atomic mass is 10.1. The SMILES string of the molecule is Cc1cc(C)c(S(=O)(=O)N2CCCC2C(=O)N2CCC(C(=O)O)C2)c(C)c1. The first-order valence-corrected chi connectivity index (χ1v) is 10.7. The van der Waals surface area contributed by atoms with Crippen molar-refractivity contribution in [1.29, 1.82) is 0 Å². The number of hydrogen-bond acceptors (Lipinski definition) is 4. The van der Waals surface area contributed by atoms with E-state index in [0.717, 1.165) is 5.56 Å². The zero-order valence-corrected chi connectivity index (χ0v) is 16.8. The highest BCUT2D eigenvalue weighted by Crippen LogP contribution is 2.32. The Morgan fingerprint density at radius 3 is 2.26 bits per heavy atom. The van der Waals surface area contributed by atoms with Crippen LogP contribution in [-0.2, 0) is 19.6 Å². The molecule has 2 heterocycles. The quantitative estimate of drug-likeness (QED) is 0.839. The van der Waals surface area contributed by atoms with Gasteiger partial charge in [0.25, 0.3) is 0 Å². The van der Waals surface area contributed by atoms with Gasteiger partial charge in [0.15, 0.2) is 0 Å². The molecule has 2 atom stereocenters. The van der Waals surface area contributed by atoms with E-state index in [-0.39, 0.29) is 17.3 Å². The number of nitrogens with zero attached hydrogens (tertiary/aromatic N) is 2. The fourth-order valence-corrected chi connectivity index (χ4v) is 6.40. The van der Waals surface area contributed by atoms with Crippen molar-refractivity contribution in [2.24, 2.45) is 5.92 Å². The molecule has 1 N–H and O–H groups in total. The number of amides is 1. The molecular weight excluding hydrogens is 368 g/mol. The second-order valence-electron chi connectivity index (χ2n) is 7.61. The zero-order chi connectivity index (χ0) is 19.9. The summed E-state index contributed by atoms with van der Waals surface area (Å²) in [5.41, 5.74) is 2.35. The van der Waals surface area contributed by atoms with Gasteiger partial charge >= 0.3 is 5.97 Å². The van der Waals surface area contributed by atoms with Crippen LogP contribution in [0.2, 0.25) is 0 Å². The normalized spacial score (nSPS) is 23.7. The number of carboxylic acids is 1. The first-order chi connectivity index (χ1) is 12.6. The molecule has 0 aromatic heterocycles. The van der Waals surface area contributed by atoms with Gasteiger partial charge in [0.05, 0.1) is 10.8 Å². The Morgan fingerprint density at radius 2 is 1.70 bits per heavy atom. The number of sulfonamides is 1. The Bertz CT molecular complexity index is 857. The summed E-state index contributed by atoms with van der Waals surface area (Å²) < 4.78 is 28.0. The summed E-state index contributed by atoms with van der Waals surface area (Å²) in [6.07, 6.45) is 1.50. The van der Waals surface area contributed by atoms with Crippen LogP contribution >= 0.6 is 0 Å². The number of carbonyl (C=O) groups is 2. The molecule has 2 unspecified atom stereocenters. The molecule has 1 aromatic carbocycles. The number of benzene rings is 1. The monoisotopic (exact) mass is 394 g/mol. The van der Waals surface area contributed by atoms with Gasteiger partial charge in [-0.2, -0.15) is 4.31 Å². The highest BCUT2D eigenvalue weighted by atomic mass is 32.2. The molecule has 7 nitrogen and oxygen atoms in total. The van der Waals surface area contributed by atoms with Crippen molar-refractivity contribution < 1.29 is 23.1 Å². The highest BCUT2D eigenvalue weighted by Gasteiger charge is 2.43. The third-order valence-electron chi connectivity index (χ3n) is 5.51. The zero-order valence-electron chi connectivity index (χ0n) is 15.9. The van der Waals surface area contributed by atoms with E-state index in [1.165, 1.54) is 9.21 Å². The van der Waals surface area contributed by atoms with E-state index < -0.39 is 28.0 Å². The predicted octanol–water partition coefficient (Wildman–Crippen LogP) is 1.70. The maximum Gasteiger partial charge on any atom is 0.308 e. The molecule has 27 heavy (non-hydrogen) atoms. The van der Waals surface area contributed by atoms with E-state index in [4.69, 9.17) is 5.11 Å². The van der Waals surface area contributed by atoms with Gasteiger partial charge in [-0.1, -0.05) is 17.7 Å². The van der Waals surface area contributed by atoms with E-state index in [0.29, 0.717) is 43.5 Å². The van der Waals surface area contributed by atoms with Crippen LogP contribution in [0.4, 0.5) is 0 Å². The van der Waals surface area contributed by atoms with E-state index in [1.54, 1.807) is 13.8 Å². The maximum absolute atomic E-state index is 13.4. The van der Waals surface area contributed by atoms with Gasteiger partial charge < -0.3 is 10.0 Å². The standard InChI is InChI=1S/C19H26N2O5S/c1-12-9-13(2)17(14(3)10-12)27(25,26)21-7-4-5-16(21)18(22)20-8-6-15(11-20)19(23)24/h9-10,15-16H,4-8,11H2,1-3H3,(H,23,24). The third kappa shape index (κ3) is 3.60. The molecule has 1 aromatic rings. The first kappa shape index (κ1) is 19.8. The molecule has 148 valence electrons. The Kier molecular flexibility index (Phi) is 5.31. The molecule has 2 aliphatic heterocycles. The van der Waals surface area contributed by atoms with Crippen LogP contribution in [0.15, 0.2) is 17.0 Å². The predicted molar refractivity (Wildman–Crippen MR) is 99.9 cm³/mol. The fourth-order valence-electron chi connectivity index (χ4n) is 4.34. The minimum Gasteiger partial charge on any atom is -0.481 e. The van der Waals surface area contributed by atoms with Crippen molar-refractivity contribution in [3.05, 3.63) is 28.8 Å². The molecule has 3 rings (SSSR count). The Morgan fingerprint density at radius 1 is 1.07 bits per heavy atom. The van der Waals surface area contributed by atoms with Crippen molar-refractivity contribution >= 4 is 21.9 Å². The van der Waals surface area contributed by atoms with Crippen molar-refractivity contribution in [1.82, 2.24) is 9.21 Å². The molecule has 0 bridgehead atoms. The summed E-state index contributed by atoms with van der Waals surface area (Å²) in [6, 6.07) is 2.93. The van der Waals surface area contributed by atoms with Crippen molar-refractivity contribution in [3.8, 4) is 0 Å². The lowest BCUT2D eigenvalue weighted by Gasteiger charge is -2.28. The number of aryl methyl sites for hydroxylation is 3. The van der Waals surface area contributed by atoms with Gasteiger partial charge in [0, 0.05) is 19.6 Å². The Labute approximate surface area is 160 Å². The molecule has 2 fully saturated rings. The number of carboxylic acid groups (broad SMARTS) is 1. The topological polar surface area (TPSA) is 95.0 Å². The number of likely N-dealkylation sites (tertiary alicyclic amines) is 1. The van der Waals surface area contributed by atoms with Crippen LogP contribution in [0.5, 0.6) is 0 Å². The van der Waals surface area contributed by atoms with Gasteiger partial charge in [-0.15, -0.1) is 0 Å². The number of rotatable bonds is 4. The lowest BCUT2D eigenvalue weighted by molar-refractivity contribution is -0.141. The summed E-state index contributed by atoms with van der Waals surface area (Å²) in [4.78, 5) is 25.9. The minimum absolute atomic E-state index is 0.154. The highest BCUT2D eigenvalue weighted by molar-refractivity contribution is 7.89. The molecule has 8 heteroatoms. The van der Waals surface area contributed by atoms with Gasteiger partial charge in [0.2, 0.25) is 15.9 Å². The van der Waals surface area contributed by atoms with Gasteiger partial charge in [-0.05, 0) is 51.2 Å². The molecule has 2 saturated heterocycles. The van der Waals surface area contributed by atoms with E-state index >= 15 is 0 Å². The molecule has 1 amide bonds. The van der Waals surface area contributed by atoms with Crippen LogP contribution in [0.1, 0.15) is 36.0 Å². The smallest absolute Gasteiger partial charge is 0.308 e. The van der Waals surface area contributed by atoms with Crippen LogP contribution < -0.4 is 0 Å². The van der Waals surface area contributed by atoms with Crippen LogP contribution in [0, 0.1) is 26.7 Å². The van der Waals surface area contributed by atoms with Crippen LogP contribution in [0.25, 0.3) is 0 Å². The van der Waals surface area contributed by atoms with Gasteiger partial charge in [-0.25, -0.2) is 8.42 Å². The lowest BCUT2D eigenvalue weighted by Crippen LogP contribution is -2.47. The average Bonchev–Trinajstić information content (AvgIpc) is 3.23. The molecule has 0 aliphatic carbocycles. The number of carbonyl (C=O) groups excluding carboxylic acids is 1. The molecule has 0 saturated carbocycles. The minimum atomic E-state index is -3.80. The first-order valence-electron chi connectivity index (χ1n) is 9.24. The number of aliphatic carboxylic acids is 1. The van der Waals surface area contributed by atoms with E-state index in [2.05, 4.69) is 0 Å². The van der Waals surface area contributed by atoms with Crippen molar-refractivity contribution in [3.63, 3.8) is 0 Å². The number of hydrogen-bond donors (Lipinski definition) is 1. The summed E-state index contributed by atoms with van der Waals surface area (Å²) in [7, 11) is -3.80. The van der Waals surface area contributed by atoms with Crippen LogP contribution in [0.3, 0.4) is 0 Å². The molecular formula is C19H26N2O5S. The average molecular weight is 394 g/mol. The second kappa shape index (κ2) is 7.24. The largest absolute Gasteiger partial charge is 0.481 e. The van der Waals surface area contributed by atoms with Gasteiger partial charge in [-0.3, -0.25) is 9.59 Å². The summed E-state index contributed by atoms with van der Waals surface area (Å²) in [5.74, 6) is -1.75. The molecule has 0 radical (unpaired) electrons. The summed E-state index contributed by atoms with van der Waals surface area (Å²) >= 11 is 0. The van der Waals surface area contributed by atoms with Crippen molar-refractivity contribution in [2.45, 2.75) is 51.0 Å². The van der Waals surface area contributed by atoms with Gasteiger partial charge in [0.1, 0.15) is 6.04 Å². The summed E-state index contributed by atoms with van der Waals surface area (Å²) in [6.45, 7) is 6.30. The molecule has 2 aliphatic rings. The fraction of sp³-hybridized carbons (Fsp3) is 0.579. The summed E-state index contributed by atoms with van der Waals surface area (Å²) in [5, 5.41) is 9.15. The van der Waals surface area contributed by atoms with E-state index in [1.807, 2.05) is 19.1 Å². The van der Waals surface area contributed by atoms with E-state index in [9.17, 15) is 18.0 Å². The third-order valence-corrected chi connectivity index (χ3v) is 7.72. The second-order valence-corrected chi connectivity index (χ2v) is 9.44. The van der Waals surface area contributed by atoms with Crippen molar-refractivity contribution in [2.75, 3.05) is 19.6 Å². The Hall–Kier alpha value is -1.93.